The zero-order valence-electron chi connectivity index (χ0n) is 11.5. The Kier molecular flexibility index (Phi) is 3.20. The van der Waals surface area contributed by atoms with Gasteiger partial charge >= 0.3 is 0 Å². The number of aryl methyl sites for hydroxylation is 1. The Morgan fingerprint density at radius 3 is 2.50 bits per heavy atom. The predicted octanol–water partition coefficient (Wildman–Crippen LogP) is 3.83. The lowest BCUT2D eigenvalue weighted by Crippen LogP contribution is -1.99. The monoisotopic (exact) mass is 268 g/mol. The minimum Gasteiger partial charge on any atom is -0.497 e. The lowest BCUT2D eigenvalue weighted by Gasteiger charge is -2.11. The topological polar surface area (TPSA) is 42.6 Å². The van der Waals surface area contributed by atoms with Crippen molar-refractivity contribution >= 4 is 10.8 Å². The molecule has 3 heteroatoms. The second kappa shape index (κ2) is 5.02. The summed E-state index contributed by atoms with van der Waals surface area (Å²) in [5.74, 6) is 1.42. The smallest absolute Gasteiger partial charge is 0.139 e. The number of hydrogen-bond donors (Lipinski definition) is 1. The van der Waals surface area contributed by atoms with Crippen LogP contribution < -0.4 is 4.74 Å². The van der Waals surface area contributed by atoms with Crippen LogP contribution in [0.5, 0.6) is 5.75 Å². The number of fused-ring (bicyclic) bond motifs is 1. The molecule has 1 N–H and O–H groups in total. The van der Waals surface area contributed by atoms with E-state index in [0.717, 1.165) is 27.6 Å². The zero-order valence-corrected chi connectivity index (χ0v) is 11.5. The second-order valence-corrected chi connectivity index (χ2v) is 4.84. The van der Waals surface area contributed by atoms with Crippen LogP contribution in [0.3, 0.4) is 0 Å². The van der Waals surface area contributed by atoms with Crippen LogP contribution in [0.1, 0.15) is 23.0 Å². The molecule has 0 saturated heterocycles. The van der Waals surface area contributed by atoms with Gasteiger partial charge in [-0.2, -0.15) is 0 Å². The molecular formula is C17H16O3. The number of furan rings is 1. The molecule has 2 aromatic carbocycles. The summed E-state index contributed by atoms with van der Waals surface area (Å²) >= 11 is 0. The van der Waals surface area contributed by atoms with Crippen molar-refractivity contribution < 1.29 is 14.3 Å². The highest BCUT2D eigenvalue weighted by molar-refractivity contribution is 5.84. The van der Waals surface area contributed by atoms with Crippen LogP contribution in [0.15, 0.2) is 53.1 Å². The highest BCUT2D eigenvalue weighted by atomic mass is 16.5. The predicted molar refractivity (Wildman–Crippen MR) is 78.0 cm³/mol. The average molecular weight is 268 g/mol. The van der Waals surface area contributed by atoms with Gasteiger partial charge in [-0.1, -0.05) is 18.2 Å². The Morgan fingerprint density at radius 2 is 1.80 bits per heavy atom. The Morgan fingerprint density at radius 1 is 1.05 bits per heavy atom. The Labute approximate surface area is 117 Å². The van der Waals surface area contributed by atoms with E-state index < -0.39 is 6.10 Å². The van der Waals surface area contributed by atoms with Gasteiger partial charge in [-0.25, -0.2) is 0 Å². The molecule has 0 spiro atoms. The van der Waals surface area contributed by atoms with E-state index in [1.807, 2.05) is 49.4 Å². The Hall–Kier alpha value is -2.26. The number of aliphatic hydroxyl groups excluding tert-OH is 1. The molecule has 3 rings (SSSR count). The van der Waals surface area contributed by atoms with Crippen molar-refractivity contribution in [2.75, 3.05) is 7.11 Å². The summed E-state index contributed by atoms with van der Waals surface area (Å²) in [6, 6.07) is 13.6. The molecule has 0 amide bonds. The largest absolute Gasteiger partial charge is 0.497 e. The number of methoxy groups -OCH3 is 1. The molecule has 1 unspecified atom stereocenters. The normalized spacial score (nSPS) is 12.6. The summed E-state index contributed by atoms with van der Waals surface area (Å²) in [5, 5.41) is 12.5. The third kappa shape index (κ3) is 2.17. The van der Waals surface area contributed by atoms with E-state index >= 15 is 0 Å². The molecule has 1 heterocycles. The summed E-state index contributed by atoms with van der Waals surface area (Å²) in [6.07, 6.45) is 0.858. The van der Waals surface area contributed by atoms with Crippen LogP contribution in [0.4, 0.5) is 0 Å². The van der Waals surface area contributed by atoms with Gasteiger partial charge in [-0.05, 0) is 53.1 Å². The van der Waals surface area contributed by atoms with Gasteiger partial charge in [-0.15, -0.1) is 0 Å². The molecule has 0 saturated carbocycles. The van der Waals surface area contributed by atoms with Gasteiger partial charge in [0, 0.05) is 0 Å². The van der Waals surface area contributed by atoms with Crippen molar-refractivity contribution in [1.29, 1.82) is 0 Å². The molecule has 0 aliphatic rings. The lowest BCUT2D eigenvalue weighted by molar-refractivity contribution is 0.188. The van der Waals surface area contributed by atoms with Gasteiger partial charge in [0.1, 0.15) is 17.6 Å². The van der Waals surface area contributed by atoms with Crippen LogP contribution in [0.2, 0.25) is 0 Å². The van der Waals surface area contributed by atoms with Gasteiger partial charge < -0.3 is 14.3 Å². The SMILES string of the molecule is COc1ccc2cc(C(O)c3occc3C)ccc2c1. The maximum atomic E-state index is 10.4. The second-order valence-electron chi connectivity index (χ2n) is 4.84. The Balaban J connectivity index is 2.03. The van der Waals surface area contributed by atoms with Crippen molar-refractivity contribution in [2.24, 2.45) is 0 Å². The van der Waals surface area contributed by atoms with Crippen LogP contribution >= 0.6 is 0 Å². The minimum atomic E-state index is -0.739. The van der Waals surface area contributed by atoms with Crippen molar-refractivity contribution in [3.63, 3.8) is 0 Å². The fourth-order valence-corrected chi connectivity index (χ4v) is 2.36. The standard InChI is InChI=1S/C17H16O3/c1-11-7-8-20-17(11)16(18)14-4-3-13-10-15(19-2)6-5-12(13)9-14/h3-10,16,18H,1-2H3. The molecule has 0 aliphatic carbocycles. The van der Waals surface area contributed by atoms with Crippen molar-refractivity contribution in [3.05, 3.63) is 65.6 Å². The molecule has 0 aliphatic heterocycles. The molecule has 0 radical (unpaired) electrons. The zero-order chi connectivity index (χ0) is 14.1. The molecule has 3 nitrogen and oxygen atoms in total. The van der Waals surface area contributed by atoms with Crippen molar-refractivity contribution in [1.82, 2.24) is 0 Å². The van der Waals surface area contributed by atoms with E-state index in [1.165, 1.54) is 0 Å². The summed E-state index contributed by atoms with van der Waals surface area (Å²) in [5.41, 5.74) is 1.77. The summed E-state index contributed by atoms with van der Waals surface area (Å²) in [7, 11) is 1.65. The van der Waals surface area contributed by atoms with Gasteiger partial charge in [0.25, 0.3) is 0 Å². The molecule has 3 aromatic rings. The minimum absolute atomic E-state index is 0.595. The molecule has 0 fully saturated rings. The number of ether oxygens (including phenoxy) is 1. The van der Waals surface area contributed by atoms with E-state index in [0.29, 0.717) is 5.76 Å². The highest BCUT2D eigenvalue weighted by Gasteiger charge is 2.16. The first kappa shape index (κ1) is 12.8. The van der Waals surface area contributed by atoms with Crippen molar-refractivity contribution in [3.8, 4) is 5.75 Å². The number of rotatable bonds is 3. The molecule has 0 bridgehead atoms. The van der Waals surface area contributed by atoms with Gasteiger partial charge in [-0.3, -0.25) is 0 Å². The summed E-state index contributed by atoms with van der Waals surface area (Å²) in [4.78, 5) is 0. The van der Waals surface area contributed by atoms with E-state index in [1.54, 1.807) is 13.4 Å². The first-order valence-corrected chi connectivity index (χ1v) is 6.49. The van der Waals surface area contributed by atoms with Crippen molar-refractivity contribution in [2.45, 2.75) is 13.0 Å². The summed E-state index contributed by atoms with van der Waals surface area (Å²) in [6.45, 7) is 1.92. The highest BCUT2D eigenvalue weighted by Crippen LogP contribution is 2.29. The van der Waals surface area contributed by atoms with E-state index in [4.69, 9.17) is 9.15 Å². The third-order valence-electron chi connectivity index (χ3n) is 3.54. The van der Waals surface area contributed by atoms with Gasteiger partial charge in [0.15, 0.2) is 0 Å². The van der Waals surface area contributed by atoms with Gasteiger partial charge in [0.05, 0.1) is 13.4 Å². The van der Waals surface area contributed by atoms with Crippen LogP contribution in [0.25, 0.3) is 10.8 Å². The van der Waals surface area contributed by atoms with Crippen LogP contribution in [-0.2, 0) is 0 Å². The van der Waals surface area contributed by atoms with Crippen LogP contribution in [-0.4, -0.2) is 12.2 Å². The average Bonchev–Trinajstić information content (AvgIpc) is 2.91. The summed E-state index contributed by atoms with van der Waals surface area (Å²) < 4.78 is 10.6. The number of aliphatic hydroxyl groups is 1. The van der Waals surface area contributed by atoms with Crippen LogP contribution in [0, 0.1) is 6.92 Å². The molecule has 102 valence electrons. The number of hydrogen-bond acceptors (Lipinski definition) is 3. The third-order valence-corrected chi connectivity index (χ3v) is 3.54. The maximum absolute atomic E-state index is 10.4. The van der Waals surface area contributed by atoms with Gasteiger partial charge in [0.2, 0.25) is 0 Å². The first-order chi connectivity index (χ1) is 9.69. The van der Waals surface area contributed by atoms with E-state index in [2.05, 4.69) is 0 Å². The molecule has 20 heavy (non-hydrogen) atoms. The molecular weight excluding hydrogens is 252 g/mol. The molecule has 1 aromatic heterocycles. The first-order valence-electron chi connectivity index (χ1n) is 6.49. The Bertz CT molecular complexity index is 743. The quantitative estimate of drug-likeness (QED) is 0.785. The number of benzene rings is 2. The van der Waals surface area contributed by atoms with E-state index in [9.17, 15) is 5.11 Å². The van der Waals surface area contributed by atoms with E-state index in [-0.39, 0.29) is 0 Å². The maximum Gasteiger partial charge on any atom is 0.139 e. The molecule has 1 atom stereocenters. The lowest BCUT2D eigenvalue weighted by atomic mass is 10.0. The fourth-order valence-electron chi connectivity index (χ4n) is 2.36. The fraction of sp³-hybridized carbons (Fsp3) is 0.176.